The fourth-order valence-electron chi connectivity index (χ4n) is 1.42. The molecule has 0 aromatic heterocycles. The van der Waals surface area contributed by atoms with Crippen LogP contribution in [0.4, 0.5) is 0 Å². The Labute approximate surface area is 79.2 Å². The number of carboxylic acid groups (broad SMARTS) is 1. The summed E-state index contributed by atoms with van der Waals surface area (Å²) in [5, 5.41) is 27.2. The van der Waals surface area contributed by atoms with Crippen LogP contribution in [-0.2, 0) is 4.74 Å². The maximum Gasteiger partial charge on any atom is 0.335 e. The van der Waals surface area contributed by atoms with E-state index in [1.807, 2.05) is 0 Å². The quantitative estimate of drug-likeness (QED) is 0.605. The molecule has 74 valence electrons. The first-order valence-corrected chi connectivity index (χ1v) is 3.98. The van der Waals surface area contributed by atoms with Gasteiger partial charge < -0.3 is 20.1 Å². The molecule has 0 spiro atoms. The lowest BCUT2D eigenvalue weighted by atomic mass is 10.1. The van der Waals surface area contributed by atoms with E-state index in [4.69, 9.17) is 5.11 Å². The second-order valence-electron chi connectivity index (χ2n) is 2.99. The lowest BCUT2D eigenvalue weighted by Crippen LogP contribution is -1.99. The zero-order valence-corrected chi connectivity index (χ0v) is 7.04. The molecule has 0 saturated heterocycles. The highest BCUT2D eigenvalue weighted by molar-refractivity contribution is 5.88. The van der Waals surface area contributed by atoms with Crippen molar-refractivity contribution in [1.82, 2.24) is 0 Å². The maximum atomic E-state index is 10.6. The zero-order chi connectivity index (χ0) is 10.3. The molecule has 5 heteroatoms. The maximum absolute atomic E-state index is 10.6. The molecule has 2 unspecified atom stereocenters. The van der Waals surface area contributed by atoms with E-state index in [9.17, 15) is 15.0 Å². The highest BCUT2D eigenvalue weighted by Gasteiger charge is 2.29. The van der Waals surface area contributed by atoms with Gasteiger partial charge >= 0.3 is 5.97 Å². The van der Waals surface area contributed by atoms with Gasteiger partial charge in [0, 0.05) is 11.1 Å². The molecule has 0 saturated carbocycles. The largest absolute Gasteiger partial charge is 0.478 e. The number of carboxylic acids is 1. The van der Waals surface area contributed by atoms with Gasteiger partial charge in [-0.15, -0.1) is 0 Å². The van der Waals surface area contributed by atoms with E-state index in [-0.39, 0.29) is 5.56 Å². The van der Waals surface area contributed by atoms with Crippen molar-refractivity contribution in [1.29, 1.82) is 0 Å². The number of aliphatic hydroxyl groups excluding tert-OH is 2. The van der Waals surface area contributed by atoms with Crippen molar-refractivity contribution in [3.8, 4) is 0 Å². The van der Waals surface area contributed by atoms with Crippen LogP contribution in [0.3, 0.4) is 0 Å². The molecule has 1 aliphatic heterocycles. The molecular weight excluding hydrogens is 188 g/mol. The first kappa shape index (κ1) is 9.14. The first-order chi connectivity index (χ1) is 6.59. The predicted molar refractivity (Wildman–Crippen MR) is 44.4 cm³/mol. The molecule has 1 heterocycles. The second-order valence-corrected chi connectivity index (χ2v) is 2.99. The van der Waals surface area contributed by atoms with Crippen LogP contribution >= 0.6 is 0 Å². The molecule has 0 radical (unpaired) electrons. The Morgan fingerprint density at radius 2 is 1.86 bits per heavy atom. The third-order valence-corrected chi connectivity index (χ3v) is 2.12. The number of benzene rings is 1. The number of fused-ring (bicyclic) bond motifs is 1. The molecule has 2 rings (SSSR count). The van der Waals surface area contributed by atoms with Crippen molar-refractivity contribution < 1.29 is 24.9 Å². The Kier molecular flexibility index (Phi) is 1.99. The Bertz CT molecular complexity index is 387. The number of hydrogen-bond acceptors (Lipinski definition) is 4. The molecule has 0 aliphatic carbocycles. The van der Waals surface area contributed by atoms with E-state index in [1.54, 1.807) is 0 Å². The minimum atomic E-state index is -1.25. The van der Waals surface area contributed by atoms with Crippen LogP contribution in [0.15, 0.2) is 18.2 Å². The predicted octanol–water partition coefficient (Wildman–Crippen LogP) is 0.397. The molecule has 0 fully saturated rings. The summed E-state index contributed by atoms with van der Waals surface area (Å²) in [7, 11) is 0. The van der Waals surface area contributed by atoms with Crippen LogP contribution < -0.4 is 0 Å². The number of aliphatic hydroxyl groups is 2. The fourth-order valence-corrected chi connectivity index (χ4v) is 1.42. The normalized spacial score (nSPS) is 24.7. The minimum Gasteiger partial charge on any atom is -0.478 e. The molecule has 3 N–H and O–H groups in total. The molecular formula is C9H8O5. The van der Waals surface area contributed by atoms with Gasteiger partial charge in [-0.25, -0.2) is 4.79 Å². The first-order valence-electron chi connectivity index (χ1n) is 3.98. The number of ether oxygens (including phenoxy) is 1. The summed E-state index contributed by atoms with van der Waals surface area (Å²) in [5.41, 5.74) is 0.764. The van der Waals surface area contributed by atoms with Gasteiger partial charge in [-0.3, -0.25) is 0 Å². The topological polar surface area (TPSA) is 87.0 Å². The highest BCUT2D eigenvalue weighted by Crippen LogP contribution is 2.36. The summed E-state index contributed by atoms with van der Waals surface area (Å²) in [4.78, 5) is 10.6. The Morgan fingerprint density at radius 3 is 2.50 bits per heavy atom. The van der Waals surface area contributed by atoms with E-state index in [1.165, 1.54) is 18.2 Å². The number of rotatable bonds is 1. The Balaban J connectivity index is 2.50. The average molecular weight is 196 g/mol. The van der Waals surface area contributed by atoms with Gasteiger partial charge in [0.25, 0.3) is 0 Å². The van der Waals surface area contributed by atoms with Crippen LogP contribution in [0.2, 0.25) is 0 Å². The van der Waals surface area contributed by atoms with Crippen LogP contribution in [0.1, 0.15) is 34.1 Å². The van der Waals surface area contributed by atoms with Gasteiger partial charge in [0.2, 0.25) is 0 Å². The molecule has 1 aromatic rings. The van der Waals surface area contributed by atoms with E-state index in [2.05, 4.69) is 4.74 Å². The third-order valence-electron chi connectivity index (χ3n) is 2.12. The molecule has 5 nitrogen and oxygen atoms in total. The van der Waals surface area contributed by atoms with Crippen molar-refractivity contribution in [3.05, 3.63) is 34.9 Å². The standard InChI is InChI=1S/C9H8O5/c10-7(11)4-1-2-5-6(3-4)9(13)14-8(5)12/h1-3,8-9,12-13H,(H,10,11). The Morgan fingerprint density at radius 1 is 1.21 bits per heavy atom. The van der Waals surface area contributed by atoms with Gasteiger partial charge in [-0.05, 0) is 12.1 Å². The van der Waals surface area contributed by atoms with Gasteiger partial charge in [-0.2, -0.15) is 0 Å². The molecule has 1 aliphatic rings. The minimum absolute atomic E-state index is 0.0560. The van der Waals surface area contributed by atoms with Gasteiger partial charge in [0.15, 0.2) is 12.6 Å². The molecule has 0 bridgehead atoms. The monoisotopic (exact) mass is 196 g/mol. The number of aromatic carboxylic acids is 1. The van der Waals surface area contributed by atoms with Crippen molar-refractivity contribution in [2.24, 2.45) is 0 Å². The highest BCUT2D eigenvalue weighted by atomic mass is 16.7. The average Bonchev–Trinajstić information content (AvgIpc) is 2.42. The van der Waals surface area contributed by atoms with Gasteiger partial charge in [0.05, 0.1) is 5.56 Å². The van der Waals surface area contributed by atoms with Crippen LogP contribution in [0, 0.1) is 0 Å². The summed E-state index contributed by atoms with van der Waals surface area (Å²) in [6, 6.07) is 4.07. The van der Waals surface area contributed by atoms with E-state index >= 15 is 0 Å². The summed E-state index contributed by atoms with van der Waals surface area (Å²) < 4.78 is 4.68. The summed E-state index contributed by atoms with van der Waals surface area (Å²) in [6.45, 7) is 0. The van der Waals surface area contributed by atoms with Gasteiger partial charge in [0.1, 0.15) is 0 Å². The van der Waals surface area contributed by atoms with Crippen LogP contribution in [0.25, 0.3) is 0 Å². The fraction of sp³-hybridized carbons (Fsp3) is 0.222. The Hall–Kier alpha value is -1.43. The second kappa shape index (κ2) is 3.06. The molecule has 14 heavy (non-hydrogen) atoms. The van der Waals surface area contributed by atoms with E-state index in [0.29, 0.717) is 11.1 Å². The lowest BCUT2D eigenvalue weighted by molar-refractivity contribution is -0.193. The third kappa shape index (κ3) is 1.27. The molecule has 0 amide bonds. The van der Waals surface area contributed by atoms with Crippen molar-refractivity contribution in [2.45, 2.75) is 12.6 Å². The summed E-state index contributed by atoms with van der Waals surface area (Å²) >= 11 is 0. The van der Waals surface area contributed by atoms with Crippen molar-refractivity contribution in [2.75, 3.05) is 0 Å². The smallest absolute Gasteiger partial charge is 0.335 e. The van der Waals surface area contributed by atoms with E-state index < -0.39 is 18.5 Å². The summed E-state index contributed by atoms with van der Waals surface area (Å²) in [5.74, 6) is -1.08. The molecule has 1 aromatic carbocycles. The van der Waals surface area contributed by atoms with Crippen LogP contribution in [0.5, 0.6) is 0 Å². The number of carbonyl (C=O) groups is 1. The molecule has 2 atom stereocenters. The van der Waals surface area contributed by atoms with Crippen molar-refractivity contribution >= 4 is 5.97 Å². The van der Waals surface area contributed by atoms with Crippen molar-refractivity contribution in [3.63, 3.8) is 0 Å². The van der Waals surface area contributed by atoms with Gasteiger partial charge in [-0.1, -0.05) is 6.07 Å². The number of hydrogen-bond donors (Lipinski definition) is 3. The van der Waals surface area contributed by atoms with E-state index in [0.717, 1.165) is 0 Å². The lowest BCUT2D eigenvalue weighted by Gasteiger charge is -2.02. The summed E-state index contributed by atoms with van der Waals surface area (Å²) in [6.07, 6.45) is -2.43. The van der Waals surface area contributed by atoms with Crippen LogP contribution in [-0.4, -0.2) is 21.3 Å². The SMILES string of the molecule is O=C(O)c1ccc2c(c1)C(O)OC2O. The zero-order valence-electron chi connectivity index (χ0n) is 7.04.